The van der Waals surface area contributed by atoms with Gasteiger partial charge in [-0.1, -0.05) is 18.2 Å². The molecule has 0 spiro atoms. The minimum Gasteiger partial charge on any atom is -0.361 e. The Kier molecular flexibility index (Phi) is 5.19. The van der Waals surface area contributed by atoms with E-state index >= 15 is 0 Å². The van der Waals surface area contributed by atoms with Crippen LogP contribution in [-0.4, -0.2) is 43.8 Å². The van der Waals surface area contributed by atoms with Gasteiger partial charge in [0.25, 0.3) is 5.91 Å². The number of aromatic amines is 1. The number of amides is 1. The second-order valence-electron chi connectivity index (χ2n) is 7.03. The number of aromatic nitrogens is 1. The van der Waals surface area contributed by atoms with E-state index in [1.54, 1.807) is 12.1 Å². The van der Waals surface area contributed by atoms with Gasteiger partial charge >= 0.3 is 0 Å². The van der Waals surface area contributed by atoms with Crippen molar-refractivity contribution in [2.75, 3.05) is 19.6 Å². The summed E-state index contributed by atoms with van der Waals surface area (Å²) in [6, 6.07) is 14.1. The zero-order valence-corrected chi connectivity index (χ0v) is 16.3. The van der Waals surface area contributed by atoms with Crippen LogP contribution in [-0.2, 0) is 16.4 Å². The Morgan fingerprint density at radius 3 is 2.50 bits per heavy atom. The summed E-state index contributed by atoms with van der Waals surface area (Å²) in [5.74, 6) is -0.0336. The van der Waals surface area contributed by atoms with Gasteiger partial charge in [0.1, 0.15) is 0 Å². The summed E-state index contributed by atoms with van der Waals surface area (Å²) in [7, 11) is -3.61. The number of fused-ring (bicyclic) bond motifs is 1. The molecule has 4 rings (SSSR count). The largest absolute Gasteiger partial charge is 0.361 e. The molecule has 0 bridgehead atoms. The van der Waals surface area contributed by atoms with Crippen molar-refractivity contribution < 1.29 is 13.2 Å². The molecule has 1 fully saturated rings. The highest BCUT2D eigenvalue weighted by Crippen LogP contribution is 2.19. The predicted octanol–water partition coefficient (Wildman–Crippen LogP) is 2.92. The fourth-order valence-electron chi connectivity index (χ4n) is 3.62. The molecule has 146 valence electrons. The summed E-state index contributed by atoms with van der Waals surface area (Å²) in [4.78, 5) is 17.5. The zero-order chi connectivity index (χ0) is 19.6. The number of rotatable bonds is 6. The number of hydrogen-bond donors (Lipinski definition) is 2. The van der Waals surface area contributed by atoms with Crippen molar-refractivity contribution in [3.05, 3.63) is 65.9 Å². The van der Waals surface area contributed by atoms with Crippen molar-refractivity contribution in [2.24, 2.45) is 0 Å². The number of H-pyrrole nitrogens is 1. The predicted molar refractivity (Wildman–Crippen MR) is 109 cm³/mol. The lowest BCUT2D eigenvalue weighted by atomic mass is 10.1. The first-order valence-electron chi connectivity index (χ1n) is 9.48. The van der Waals surface area contributed by atoms with Gasteiger partial charge in [-0.05, 0) is 55.2 Å². The number of carbonyl (C=O) groups is 1. The lowest BCUT2D eigenvalue weighted by Crippen LogP contribution is -2.28. The molecule has 1 saturated heterocycles. The third-order valence-corrected chi connectivity index (χ3v) is 6.64. The third kappa shape index (κ3) is 3.81. The maximum Gasteiger partial charge on any atom is 0.253 e. The molecule has 3 aromatic rings. The second-order valence-corrected chi connectivity index (χ2v) is 8.80. The molecule has 2 N–H and O–H groups in total. The lowest BCUT2D eigenvalue weighted by molar-refractivity contribution is 0.0792. The summed E-state index contributed by atoms with van der Waals surface area (Å²) in [6.07, 6.45) is 4.56. The van der Waals surface area contributed by atoms with Crippen molar-refractivity contribution in [3.63, 3.8) is 0 Å². The average molecular weight is 398 g/mol. The molecule has 1 aromatic heterocycles. The Morgan fingerprint density at radius 2 is 1.75 bits per heavy atom. The van der Waals surface area contributed by atoms with Gasteiger partial charge in [-0.3, -0.25) is 4.79 Å². The highest BCUT2D eigenvalue weighted by atomic mass is 32.2. The number of likely N-dealkylation sites (tertiary alicyclic amines) is 1. The highest BCUT2D eigenvalue weighted by molar-refractivity contribution is 7.89. The van der Waals surface area contributed by atoms with Crippen molar-refractivity contribution >= 4 is 26.8 Å². The molecular formula is C21H23N3O3S. The molecule has 1 aliphatic heterocycles. The van der Waals surface area contributed by atoms with E-state index in [0.717, 1.165) is 42.4 Å². The zero-order valence-electron chi connectivity index (χ0n) is 15.5. The SMILES string of the molecule is O=C(c1ccc(S(=O)(=O)NCCc2c[nH]c3ccccc23)cc1)N1CCCC1. The van der Waals surface area contributed by atoms with Crippen molar-refractivity contribution in [1.82, 2.24) is 14.6 Å². The summed E-state index contributed by atoms with van der Waals surface area (Å²) >= 11 is 0. The lowest BCUT2D eigenvalue weighted by Gasteiger charge is -2.15. The Morgan fingerprint density at radius 1 is 1.04 bits per heavy atom. The van der Waals surface area contributed by atoms with E-state index in [9.17, 15) is 13.2 Å². The van der Waals surface area contributed by atoms with Crippen LogP contribution in [0.1, 0.15) is 28.8 Å². The van der Waals surface area contributed by atoms with Crippen LogP contribution in [0.2, 0.25) is 0 Å². The van der Waals surface area contributed by atoms with Gasteiger partial charge in [0, 0.05) is 42.3 Å². The van der Waals surface area contributed by atoms with Crippen LogP contribution in [0.3, 0.4) is 0 Å². The number of benzene rings is 2. The standard InChI is InChI=1S/C21H23N3O3S/c25-21(24-13-3-4-14-24)16-7-9-18(10-8-16)28(26,27)23-12-11-17-15-22-20-6-2-1-5-19(17)20/h1-2,5-10,15,22-23H,3-4,11-14H2. The first-order valence-corrected chi connectivity index (χ1v) is 11.0. The van der Waals surface area contributed by atoms with Crippen LogP contribution in [0, 0.1) is 0 Å². The molecule has 7 heteroatoms. The van der Waals surface area contributed by atoms with E-state index in [1.807, 2.05) is 35.4 Å². The van der Waals surface area contributed by atoms with Crippen LogP contribution in [0.15, 0.2) is 59.6 Å². The fraction of sp³-hybridized carbons (Fsp3) is 0.286. The van der Waals surface area contributed by atoms with Gasteiger partial charge in [0.15, 0.2) is 0 Å². The van der Waals surface area contributed by atoms with Crippen molar-refractivity contribution in [2.45, 2.75) is 24.2 Å². The number of nitrogens with zero attached hydrogens (tertiary/aromatic N) is 1. The minimum absolute atomic E-state index is 0.0336. The molecule has 0 atom stereocenters. The molecule has 28 heavy (non-hydrogen) atoms. The number of sulfonamides is 1. The van der Waals surface area contributed by atoms with Gasteiger partial charge in [-0.2, -0.15) is 0 Å². The van der Waals surface area contributed by atoms with Crippen LogP contribution in [0.4, 0.5) is 0 Å². The summed E-state index contributed by atoms with van der Waals surface area (Å²) < 4.78 is 27.7. The molecule has 2 aromatic carbocycles. The van der Waals surface area contributed by atoms with E-state index in [1.165, 1.54) is 12.1 Å². The molecule has 1 aliphatic rings. The normalized spacial score (nSPS) is 14.6. The Hall–Kier alpha value is -2.64. The quantitative estimate of drug-likeness (QED) is 0.671. The number of hydrogen-bond acceptors (Lipinski definition) is 3. The van der Waals surface area contributed by atoms with E-state index in [4.69, 9.17) is 0 Å². The maximum atomic E-state index is 12.5. The summed E-state index contributed by atoms with van der Waals surface area (Å²) in [6.45, 7) is 1.85. The van der Waals surface area contributed by atoms with E-state index in [2.05, 4.69) is 9.71 Å². The van der Waals surface area contributed by atoms with Gasteiger partial charge in [-0.15, -0.1) is 0 Å². The van der Waals surface area contributed by atoms with Gasteiger partial charge < -0.3 is 9.88 Å². The van der Waals surface area contributed by atoms with Crippen LogP contribution < -0.4 is 4.72 Å². The number of nitrogens with one attached hydrogen (secondary N) is 2. The van der Waals surface area contributed by atoms with Gasteiger partial charge in [0.05, 0.1) is 4.90 Å². The molecule has 0 radical (unpaired) electrons. The molecule has 0 saturated carbocycles. The first kappa shape index (κ1) is 18.7. The van der Waals surface area contributed by atoms with Crippen molar-refractivity contribution in [3.8, 4) is 0 Å². The minimum atomic E-state index is -3.61. The monoisotopic (exact) mass is 397 g/mol. The molecule has 6 nitrogen and oxygen atoms in total. The van der Waals surface area contributed by atoms with E-state index < -0.39 is 10.0 Å². The average Bonchev–Trinajstić information content (AvgIpc) is 3.38. The Bertz CT molecular complexity index is 1080. The van der Waals surface area contributed by atoms with Crippen molar-refractivity contribution in [1.29, 1.82) is 0 Å². The third-order valence-electron chi connectivity index (χ3n) is 5.17. The van der Waals surface area contributed by atoms with Gasteiger partial charge in [0.2, 0.25) is 10.0 Å². The Labute approximate surface area is 164 Å². The molecule has 0 unspecified atom stereocenters. The maximum absolute atomic E-state index is 12.5. The fourth-order valence-corrected chi connectivity index (χ4v) is 4.65. The summed E-state index contributed by atoms with van der Waals surface area (Å²) in [5, 5.41) is 1.10. The van der Waals surface area contributed by atoms with E-state index in [-0.39, 0.29) is 10.8 Å². The summed E-state index contributed by atoms with van der Waals surface area (Å²) in [5.41, 5.74) is 2.64. The van der Waals surface area contributed by atoms with Crippen LogP contribution in [0.5, 0.6) is 0 Å². The van der Waals surface area contributed by atoms with Crippen LogP contribution in [0.25, 0.3) is 10.9 Å². The Balaban J connectivity index is 1.39. The molecule has 2 heterocycles. The smallest absolute Gasteiger partial charge is 0.253 e. The molecule has 1 amide bonds. The topological polar surface area (TPSA) is 82.3 Å². The second kappa shape index (κ2) is 7.77. The van der Waals surface area contributed by atoms with Crippen LogP contribution >= 0.6 is 0 Å². The van der Waals surface area contributed by atoms with Gasteiger partial charge in [-0.25, -0.2) is 13.1 Å². The van der Waals surface area contributed by atoms with E-state index in [0.29, 0.717) is 18.5 Å². The first-order chi connectivity index (χ1) is 13.5. The number of carbonyl (C=O) groups excluding carboxylic acids is 1. The molecule has 0 aliphatic carbocycles. The molecular weight excluding hydrogens is 374 g/mol. The highest BCUT2D eigenvalue weighted by Gasteiger charge is 2.20. The number of para-hydroxylation sites is 1.